The molecule has 1 aromatic carbocycles. The van der Waals surface area contributed by atoms with E-state index in [9.17, 15) is 4.79 Å². The minimum absolute atomic E-state index is 0.0464. The lowest BCUT2D eigenvalue weighted by Gasteiger charge is -2.27. The van der Waals surface area contributed by atoms with Gasteiger partial charge >= 0.3 is 5.97 Å². The lowest BCUT2D eigenvalue weighted by atomic mass is 9.80. The first kappa shape index (κ1) is 21.4. The molecule has 0 spiro atoms. The van der Waals surface area contributed by atoms with Crippen LogP contribution < -0.4 is 4.74 Å². The minimum Gasteiger partial charge on any atom is -0.472 e. The smallest absolute Gasteiger partial charge is 0.314 e. The molecule has 1 saturated carbocycles. The molecule has 0 radical (unpaired) electrons. The van der Waals surface area contributed by atoms with Crippen LogP contribution in [0.4, 0.5) is 5.69 Å². The van der Waals surface area contributed by atoms with Crippen molar-refractivity contribution >= 4 is 17.9 Å². The SMILES string of the molecule is CCCCCCCC1CCC(C(=O)Oc2ccc(N=Cc3ccoc3)cc2)CC1. The second-order valence-electron chi connectivity index (χ2n) is 8.15. The number of hydrogen-bond donors (Lipinski definition) is 0. The fourth-order valence-electron chi connectivity index (χ4n) is 4.02. The summed E-state index contributed by atoms with van der Waals surface area (Å²) in [5, 5.41) is 0. The maximum Gasteiger partial charge on any atom is 0.314 e. The highest BCUT2D eigenvalue weighted by molar-refractivity contribution is 5.81. The highest BCUT2D eigenvalue weighted by Gasteiger charge is 2.27. The number of aliphatic imine (C=N–C) groups is 1. The van der Waals surface area contributed by atoms with Crippen molar-refractivity contribution in [2.75, 3.05) is 0 Å². The predicted molar refractivity (Wildman–Crippen MR) is 117 cm³/mol. The van der Waals surface area contributed by atoms with Gasteiger partial charge in [0, 0.05) is 11.8 Å². The average molecular weight is 396 g/mol. The van der Waals surface area contributed by atoms with Crippen molar-refractivity contribution in [1.82, 2.24) is 0 Å². The van der Waals surface area contributed by atoms with Crippen LogP contribution in [0.15, 0.2) is 52.3 Å². The Morgan fingerprint density at radius 1 is 1.07 bits per heavy atom. The first-order chi connectivity index (χ1) is 14.2. The molecule has 1 fully saturated rings. The Kier molecular flexibility index (Phi) is 8.54. The van der Waals surface area contributed by atoms with Gasteiger partial charge in [-0.25, -0.2) is 0 Å². The topological polar surface area (TPSA) is 51.8 Å². The van der Waals surface area contributed by atoms with Gasteiger partial charge in [0.25, 0.3) is 0 Å². The van der Waals surface area contributed by atoms with Crippen molar-refractivity contribution < 1.29 is 13.9 Å². The van der Waals surface area contributed by atoms with E-state index < -0.39 is 0 Å². The molecule has 156 valence electrons. The van der Waals surface area contributed by atoms with E-state index in [-0.39, 0.29) is 11.9 Å². The molecule has 0 unspecified atom stereocenters. The largest absolute Gasteiger partial charge is 0.472 e. The summed E-state index contributed by atoms with van der Waals surface area (Å²) in [6, 6.07) is 9.17. The fraction of sp³-hybridized carbons (Fsp3) is 0.520. The van der Waals surface area contributed by atoms with Gasteiger partial charge in [0.2, 0.25) is 0 Å². The van der Waals surface area contributed by atoms with Crippen molar-refractivity contribution in [1.29, 1.82) is 0 Å². The molecule has 0 aliphatic heterocycles. The minimum atomic E-state index is -0.0824. The number of carbonyl (C=O) groups is 1. The molecule has 0 atom stereocenters. The maximum atomic E-state index is 12.5. The van der Waals surface area contributed by atoms with Gasteiger partial charge in [-0.2, -0.15) is 0 Å². The van der Waals surface area contributed by atoms with Gasteiger partial charge in [-0.05, 0) is 61.9 Å². The first-order valence-electron chi connectivity index (χ1n) is 11.1. The molecular weight excluding hydrogens is 362 g/mol. The van der Waals surface area contributed by atoms with Crippen molar-refractivity contribution in [2.24, 2.45) is 16.8 Å². The van der Waals surface area contributed by atoms with E-state index in [0.29, 0.717) is 5.75 Å². The maximum absolute atomic E-state index is 12.5. The van der Waals surface area contributed by atoms with Crippen molar-refractivity contribution in [2.45, 2.75) is 71.1 Å². The van der Waals surface area contributed by atoms with Crippen LogP contribution in [0.25, 0.3) is 0 Å². The third-order valence-electron chi connectivity index (χ3n) is 5.86. The average Bonchev–Trinajstić information content (AvgIpc) is 3.27. The normalized spacial score (nSPS) is 19.5. The first-order valence-corrected chi connectivity index (χ1v) is 11.1. The zero-order valence-electron chi connectivity index (χ0n) is 17.5. The van der Waals surface area contributed by atoms with E-state index in [1.807, 2.05) is 30.3 Å². The number of carbonyl (C=O) groups excluding carboxylic acids is 1. The molecule has 0 saturated heterocycles. The van der Waals surface area contributed by atoms with Crippen molar-refractivity contribution in [3.8, 4) is 5.75 Å². The standard InChI is InChI=1S/C25H33NO3/c1-2-3-4-5-6-7-20-8-10-22(11-9-20)25(27)29-24-14-12-23(13-15-24)26-18-21-16-17-28-19-21/h12-20,22H,2-11H2,1H3. The highest BCUT2D eigenvalue weighted by atomic mass is 16.5. The summed E-state index contributed by atoms with van der Waals surface area (Å²) in [7, 11) is 0. The predicted octanol–water partition coefficient (Wildman–Crippen LogP) is 7.10. The van der Waals surface area contributed by atoms with E-state index in [0.717, 1.165) is 42.9 Å². The zero-order valence-corrected chi connectivity index (χ0v) is 17.5. The molecule has 4 heteroatoms. The molecule has 1 heterocycles. The van der Waals surface area contributed by atoms with Crippen LogP contribution in [-0.2, 0) is 4.79 Å². The molecule has 0 bridgehead atoms. The number of ether oxygens (including phenoxy) is 1. The van der Waals surface area contributed by atoms with Crippen LogP contribution in [0.3, 0.4) is 0 Å². The summed E-state index contributed by atoms with van der Waals surface area (Å²) in [4.78, 5) is 16.9. The van der Waals surface area contributed by atoms with Crippen LogP contribution in [0.2, 0.25) is 0 Å². The van der Waals surface area contributed by atoms with Crippen LogP contribution in [0.1, 0.15) is 76.7 Å². The van der Waals surface area contributed by atoms with Gasteiger partial charge in [0.15, 0.2) is 0 Å². The lowest BCUT2D eigenvalue weighted by molar-refractivity contribution is -0.140. The molecule has 1 aliphatic rings. The van der Waals surface area contributed by atoms with Gasteiger partial charge in [-0.15, -0.1) is 0 Å². The van der Waals surface area contributed by atoms with Gasteiger partial charge in [-0.3, -0.25) is 9.79 Å². The second-order valence-corrected chi connectivity index (χ2v) is 8.15. The Hall–Kier alpha value is -2.36. The molecule has 4 nitrogen and oxygen atoms in total. The summed E-state index contributed by atoms with van der Waals surface area (Å²) in [6.45, 7) is 2.26. The molecule has 3 rings (SSSR count). The summed E-state index contributed by atoms with van der Waals surface area (Å²) in [6.07, 6.45) is 17.3. The molecule has 1 aromatic heterocycles. The molecule has 0 amide bonds. The Labute approximate surface area is 174 Å². The van der Waals surface area contributed by atoms with E-state index in [4.69, 9.17) is 9.15 Å². The Bertz CT molecular complexity index is 741. The summed E-state index contributed by atoms with van der Waals surface area (Å²) in [5.74, 6) is 1.36. The Morgan fingerprint density at radius 3 is 2.52 bits per heavy atom. The van der Waals surface area contributed by atoms with E-state index in [1.54, 1.807) is 18.7 Å². The van der Waals surface area contributed by atoms with Gasteiger partial charge in [0.05, 0.1) is 24.1 Å². The van der Waals surface area contributed by atoms with E-state index in [1.165, 1.54) is 38.5 Å². The van der Waals surface area contributed by atoms with E-state index in [2.05, 4.69) is 11.9 Å². The zero-order chi connectivity index (χ0) is 20.3. The number of nitrogens with zero attached hydrogens (tertiary/aromatic N) is 1. The number of hydrogen-bond acceptors (Lipinski definition) is 4. The molecule has 2 aromatic rings. The Balaban J connectivity index is 1.38. The molecule has 0 N–H and O–H groups in total. The van der Waals surface area contributed by atoms with Crippen LogP contribution in [-0.4, -0.2) is 12.2 Å². The Morgan fingerprint density at radius 2 is 1.83 bits per heavy atom. The molecule has 29 heavy (non-hydrogen) atoms. The van der Waals surface area contributed by atoms with Gasteiger partial charge in [-0.1, -0.05) is 45.4 Å². The number of rotatable bonds is 10. The summed E-state index contributed by atoms with van der Waals surface area (Å²) in [5.41, 5.74) is 1.72. The number of benzene rings is 1. The number of unbranched alkanes of at least 4 members (excludes halogenated alkanes) is 4. The van der Waals surface area contributed by atoms with Gasteiger partial charge in [0.1, 0.15) is 5.75 Å². The number of furan rings is 1. The fourth-order valence-corrected chi connectivity index (χ4v) is 4.02. The second kappa shape index (κ2) is 11.6. The van der Waals surface area contributed by atoms with E-state index >= 15 is 0 Å². The quantitative estimate of drug-likeness (QED) is 0.186. The molecular formula is C25H33NO3. The molecule has 1 aliphatic carbocycles. The number of esters is 1. The third kappa shape index (κ3) is 7.19. The lowest BCUT2D eigenvalue weighted by Crippen LogP contribution is -2.25. The monoisotopic (exact) mass is 395 g/mol. The third-order valence-corrected chi connectivity index (χ3v) is 5.86. The highest BCUT2D eigenvalue weighted by Crippen LogP contribution is 2.33. The van der Waals surface area contributed by atoms with Crippen molar-refractivity contribution in [3.63, 3.8) is 0 Å². The van der Waals surface area contributed by atoms with Crippen molar-refractivity contribution in [3.05, 3.63) is 48.4 Å². The summed E-state index contributed by atoms with van der Waals surface area (Å²) >= 11 is 0. The summed E-state index contributed by atoms with van der Waals surface area (Å²) < 4.78 is 10.6. The van der Waals surface area contributed by atoms with Gasteiger partial charge < -0.3 is 9.15 Å². The van der Waals surface area contributed by atoms with Crippen LogP contribution in [0, 0.1) is 11.8 Å². The van der Waals surface area contributed by atoms with Crippen LogP contribution in [0.5, 0.6) is 5.75 Å². The van der Waals surface area contributed by atoms with Crippen LogP contribution >= 0.6 is 0 Å².